The summed E-state index contributed by atoms with van der Waals surface area (Å²) in [4.78, 5) is -2.33. The van der Waals surface area contributed by atoms with Crippen molar-refractivity contribution >= 4 is 32.5 Å². The number of sulfonamides is 1. The molecule has 1 N–H and O–H groups in total. The highest BCUT2D eigenvalue weighted by Gasteiger charge is 2.54. The summed E-state index contributed by atoms with van der Waals surface area (Å²) in [6, 6.07) is 9.09. The summed E-state index contributed by atoms with van der Waals surface area (Å²) in [5.41, 5.74) is 2.01. The molecule has 3 aromatic rings. The maximum atomic E-state index is 14.1. The Hall–Kier alpha value is -2.03. The molecule has 2 atom stereocenters. The molecule has 4 nitrogen and oxygen atoms in total. The van der Waals surface area contributed by atoms with Gasteiger partial charge in [0.1, 0.15) is 5.00 Å². The van der Waals surface area contributed by atoms with Crippen molar-refractivity contribution in [1.82, 2.24) is 9.29 Å². The molecule has 0 aliphatic heterocycles. The molecule has 0 amide bonds. The molecular weight excluding hydrogens is 437 g/mol. The molecule has 30 heavy (non-hydrogen) atoms. The first kappa shape index (κ1) is 22.7. The summed E-state index contributed by atoms with van der Waals surface area (Å²) in [5, 5.41) is 0.693. The smallest absolute Gasteiger partial charge is 0.326 e. The number of para-hydroxylation sites is 1. The molecule has 1 heterocycles. The minimum absolute atomic E-state index is 0.174. The Morgan fingerprint density at radius 3 is 2.17 bits per heavy atom. The SMILES string of the molecule is Cc1cc(C)c(S(=O)(=O)NC(C(F)(F)F)C(C)(Cl)n2ccc3ccccc32)c(C)c1. The van der Waals surface area contributed by atoms with Crippen molar-refractivity contribution in [3.63, 3.8) is 0 Å². The van der Waals surface area contributed by atoms with Gasteiger partial charge in [-0.1, -0.05) is 47.5 Å². The van der Waals surface area contributed by atoms with Crippen LogP contribution >= 0.6 is 11.6 Å². The maximum Gasteiger partial charge on any atom is 0.408 e. The van der Waals surface area contributed by atoms with E-state index in [1.165, 1.54) is 10.8 Å². The van der Waals surface area contributed by atoms with Crippen LogP contribution < -0.4 is 4.72 Å². The first-order valence-electron chi connectivity index (χ1n) is 9.17. The van der Waals surface area contributed by atoms with Gasteiger partial charge in [-0.2, -0.15) is 17.9 Å². The fourth-order valence-electron chi connectivity index (χ4n) is 3.88. The molecular formula is C21H22ClF3N2O2S. The zero-order chi connectivity index (χ0) is 22.5. The quantitative estimate of drug-likeness (QED) is 0.521. The molecule has 0 bridgehead atoms. The Bertz CT molecular complexity index is 1180. The van der Waals surface area contributed by atoms with Crippen LogP contribution in [-0.2, 0) is 15.0 Å². The average molecular weight is 459 g/mol. The summed E-state index contributed by atoms with van der Waals surface area (Å²) in [7, 11) is -4.52. The zero-order valence-electron chi connectivity index (χ0n) is 16.9. The summed E-state index contributed by atoms with van der Waals surface area (Å²) in [6.07, 6.45) is -3.52. The van der Waals surface area contributed by atoms with Gasteiger partial charge in [-0.3, -0.25) is 0 Å². The molecule has 0 spiro atoms. The maximum absolute atomic E-state index is 14.1. The lowest BCUT2D eigenvalue weighted by Crippen LogP contribution is -2.57. The molecule has 2 unspecified atom stereocenters. The fourth-order valence-corrected chi connectivity index (χ4v) is 6.03. The van der Waals surface area contributed by atoms with Gasteiger partial charge in [0.15, 0.2) is 6.04 Å². The number of rotatable bonds is 5. The highest BCUT2D eigenvalue weighted by Crippen LogP contribution is 2.39. The van der Waals surface area contributed by atoms with Gasteiger partial charge in [-0.25, -0.2) is 8.42 Å². The van der Waals surface area contributed by atoms with E-state index in [9.17, 15) is 21.6 Å². The fraction of sp³-hybridized carbons (Fsp3) is 0.333. The minimum Gasteiger partial charge on any atom is -0.326 e. The van der Waals surface area contributed by atoms with Crippen LogP contribution in [0.2, 0.25) is 0 Å². The van der Waals surface area contributed by atoms with Gasteiger partial charge in [0, 0.05) is 11.7 Å². The number of alkyl halides is 4. The number of hydrogen-bond donors (Lipinski definition) is 1. The molecule has 0 saturated carbocycles. The molecule has 2 aromatic carbocycles. The minimum atomic E-state index is -4.94. The van der Waals surface area contributed by atoms with E-state index >= 15 is 0 Å². The number of hydrogen-bond acceptors (Lipinski definition) is 2. The van der Waals surface area contributed by atoms with Crippen LogP contribution in [0.4, 0.5) is 13.2 Å². The molecule has 162 valence electrons. The van der Waals surface area contributed by atoms with Crippen LogP contribution in [0.5, 0.6) is 0 Å². The first-order chi connectivity index (χ1) is 13.7. The van der Waals surface area contributed by atoms with E-state index in [0.717, 1.165) is 12.5 Å². The lowest BCUT2D eigenvalue weighted by Gasteiger charge is -2.36. The van der Waals surface area contributed by atoms with E-state index < -0.39 is 27.2 Å². The van der Waals surface area contributed by atoms with Gasteiger partial charge >= 0.3 is 6.18 Å². The molecule has 0 saturated heterocycles. The molecule has 0 fully saturated rings. The molecule has 0 aliphatic rings. The first-order valence-corrected chi connectivity index (χ1v) is 11.0. The monoisotopic (exact) mass is 458 g/mol. The number of nitrogens with zero attached hydrogens (tertiary/aromatic N) is 1. The van der Waals surface area contributed by atoms with Crippen LogP contribution in [-0.4, -0.2) is 25.2 Å². The Labute approximate surface area is 178 Å². The van der Waals surface area contributed by atoms with Gasteiger partial charge in [0.05, 0.1) is 4.90 Å². The summed E-state index contributed by atoms with van der Waals surface area (Å²) in [6.45, 7) is 6.04. The molecule has 3 rings (SSSR count). The second-order valence-electron chi connectivity index (χ2n) is 7.59. The van der Waals surface area contributed by atoms with Crippen LogP contribution in [0.25, 0.3) is 10.9 Å². The number of fused-ring (bicyclic) bond motifs is 1. The average Bonchev–Trinajstić information content (AvgIpc) is 3.02. The Morgan fingerprint density at radius 1 is 1.03 bits per heavy atom. The molecule has 1 aromatic heterocycles. The van der Waals surface area contributed by atoms with E-state index in [1.54, 1.807) is 63.2 Å². The van der Waals surface area contributed by atoms with Gasteiger partial charge < -0.3 is 4.57 Å². The van der Waals surface area contributed by atoms with E-state index in [0.29, 0.717) is 22.0 Å². The number of aryl methyl sites for hydroxylation is 3. The number of benzene rings is 2. The third kappa shape index (κ3) is 4.08. The second-order valence-corrected chi connectivity index (χ2v) is 10.0. The largest absolute Gasteiger partial charge is 0.408 e. The molecule has 0 radical (unpaired) electrons. The van der Waals surface area contributed by atoms with Crippen molar-refractivity contribution in [3.8, 4) is 0 Å². The molecule has 9 heteroatoms. The highest BCUT2D eigenvalue weighted by atomic mass is 35.5. The third-order valence-corrected chi connectivity index (χ3v) is 7.20. The van der Waals surface area contributed by atoms with Crippen LogP contribution in [0.1, 0.15) is 23.6 Å². The van der Waals surface area contributed by atoms with Crippen molar-refractivity contribution in [2.45, 2.75) is 49.8 Å². The van der Waals surface area contributed by atoms with E-state index in [1.807, 2.05) is 4.72 Å². The lowest BCUT2D eigenvalue weighted by atomic mass is 10.1. The summed E-state index contributed by atoms with van der Waals surface area (Å²) >= 11 is 6.45. The Balaban J connectivity index is 2.12. The van der Waals surface area contributed by atoms with Crippen LogP contribution in [0, 0.1) is 20.8 Å². The highest BCUT2D eigenvalue weighted by molar-refractivity contribution is 7.89. The number of nitrogens with one attached hydrogen (secondary N) is 1. The van der Waals surface area contributed by atoms with Crippen molar-refractivity contribution in [2.24, 2.45) is 0 Å². The van der Waals surface area contributed by atoms with E-state index in [2.05, 4.69) is 0 Å². The van der Waals surface area contributed by atoms with Crippen LogP contribution in [0.3, 0.4) is 0 Å². The summed E-state index contributed by atoms with van der Waals surface area (Å²) in [5.74, 6) is 0. The van der Waals surface area contributed by atoms with Crippen molar-refractivity contribution in [2.75, 3.05) is 0 Å². The normalized spacial score (nSPS) is 15.9. The predicted octanol–water partition coefficient (Wildman–Crippen LogP) is 5.39. The Kier molecular flexibility index (Phi) is 5.73. The lowest BCUT2D eigenvalue weighted by molar-refractivity contribution is -0.164. The van der Waals surface area contributed by atoms with E-state index in [-0.39, 0.29) is 4.90 Å². The predicted molar refractivity (Wildman–Crippen MR) is 112 cm³/mol. The standard InChI is InChI=1S/C21H22ClF3N2O2S/c1-13-11-14(2)18(15(3)12-13)30(28,29)26-19(21(23,24)25)20(4,22)27-10-9-16-7-5-6-8-17(16)27/h5-12,19,26H,1-4H3. The van der Waals surface area contributed by atoms with Gasteiger partial charge in [-0.05, 0) is 56.3 Å². The molecule has 0 aliphatic carbocycles. The van der Waals surface area contributed by atoms with Crippen molar-refractivity contribution in [3.05, 3.63) is 65.4 Å². The second kappa shape index (κ2) is 7.59. The summed E-state index contributed by atoms with van der Waals surface area (Å²) < 4.78 is 71.4. The Morgan fingerprint density at radius 2 is 1.60 bits per heavy atom. The topological polar surface area (TPSA) is 51.1 Å². The number of halogens is 4. The van der Waals surface area contributed by atoms with Gasteiger partial charge in [-0.15, -0.1) is 0 Å². The van der Waals surface area contributed by atoms with Crippen molar-refractivity contribution in [1.29, 1.82) is 0 Å². The van der Waals surface area contributed by atoms with E-state index in [4.69, 9.17) is 11.6 Å². The van der Waals surface area contributed by atoms with Crippen molar-refractivity contribution < 1.29 is 21.6 Å². The van der Waals surface area contributed by atoms with Crippen LogP contribution in [0.15, 0.2) is 53.6 Å². The zero-order valence-corrected chi connectivity index (χ0v) is 18.5. The van der Waals surface area contributed by atoms with Gasteiger partial charge in [0.25, 0.3) is 0 Å². The number of aromatic nitrogens is 1. The van der Waals surface area contributed by atoms with Gasteiger partial charge in [0.2, 0.25) is 10.0 Å². The third-order valence-electron chi connectivity index (χ3n) is 5.07.